The van der Waals surface area contributed by atoms with Crippen molar-refractivity contribution >= 4 is 17.7 Å². The molecule has 1 aliphatic carbocycles. The zero-order valence-corrected chi connectivity index (χ0v) is 9.04. The molecule has 0 radical (unpaired) electrons. The predicted molar refractivity (Wildman–Crippen MR) is 61.0 cm³/mol. The molecule has 3 heteroatoms. The lowest BCUT2D eigenvalue weighted by molar-refractivity contribution is -0.141. The Balaban J connectivity index is 2.06. The zero-order chi connectivity index (χ0) is 10.9. The summed E-state index contributed by atoms with van der Waals surface area (Å²) in [5, 5.41) is 9.20. The van der Waals surface area contributed by atoms with Crippen molar-refractivity contribution < 1.29 is 9.90 Å². The van der Waals surface area contributed by atoms with Crippen LogP contribution in [-0.4, -0.2) is 16.3 Å². The van der Waals surface area contributed by atoms with Crippen molar-refractivity contribution in [2.45, 2.75) is 16.6 Å². The molecule has 15 heavy (non-hydrogen) atoms. The molecule has 0 saturated heterocycles. The quantitative estimate of drug-likeness (QED) is 0.793. The van der Waals surface area contributed by atoms with Gasteiger partial charge in [0.2, 0.25) is 0 Å². The van der Waals surface area contributed by atoms with E-state index in [1.54, 1.807) is 17.8 Å². The maximum atomic E-state index is 11.0. The molecule has 78 valence electrons. The highest BCUT2D eigenvalue weighted by Gasteiger charge is 2.58. The Hall–Kier alpha value is -1.22. The first kappa shape index (κ1) is 10.3. The van der Waals surface area contributed by atoms with Crippen LogP contribution >= 0.6 is 11.8 Å². The van der Waals surface area contributed by atoms with Crippen molar-refractivity contribution in [1.29, 1.82) is 0 Å². The van der Waals surface area contributed by atoms with Gasteiger partial charge in [-0.2, -0.15) is 0 Å². The lowest BCUT2D eigenvalue weighted by Gasteiger charge is -2.05. The molecule has 1 aromatic rings. The predicted octanol–water partition coefficient (Wildman–Crippen LogP) is 2.81. The van der Waals surface area contributed by atoms with E-state index in [2.05, 4.69) is 6.58 Å². The minimum absolute atomic E-state index is 0.134. The van der Waals surface area contributed by atoms with Gasteiger partial charge in [-0.25, -0.2) is 0 Å². The third kappa shape index (κ3) is 1.79. The molecule has 2 rings (SSSR count). The molecule has 1 N–H and O–H groups in total. The van der Waals surface area contributed by atoms with Gasteiger partial charge in [-0.15, -0.1) is 18.3 Å². The van der Waals surface area contributed by atoms with Gasteiger partial charge in [0, 0.05) is 10.1 Å². The summed E-state index contributed by atoms with van der Waals surface area (Å²) in [6, 6.07) is 9.87. The normalized spacial score (nSPS) is 28.4. The zero-order valence-electron chi connectivity index (χ0n) is 8.22. The fraction of sp³-hybridized carbons (Fsp3) is 0.250. The van der Waals surface area contributed by atoms with Gasteiger partial charge in [0.25, 0.3) is 0 Å². The number of hydrogen-bond donors (Lipinski definition) is 1. The molecular weight excluding hydrogens is 208 g/mol. The van der Waals surface area contributed by atoms with Crippen molar-refractivity contribution in [2.24, 2.45) is 5.41 Å². The van der Waals surface area contributed by atoms with Crippen molar-refractivity contribution in [3.05, 3.63) is 43.0 Å². The number of carboxylic acids is 1. The first-order chi connectivity index (χ1) is 7.19. The van der Waals surface area contributed by atoms with Gasteiger partial charge in [-0.3, -0.25) is 4.79 Å². The van der Waals surface area contributed by atoms with Crippen LogP contribution in [0.2, 0.25) is 0 Å². The molecule has 1 aliphatic rings. The molecule has 0 amide bonds. The summed E-state index contributed by atoms with van der Waals surface area (Å²) < 4.78 is 0. The summed E-state index contributed by atoms with van der Waals surface area (Å²) in [5.41, 5.74) is -0.694. The first-order valence-corrected chi connectivity index (χ1v) is 5.66. The summed E-state index contributed by atoms with van der Waals surface area (Å²) in [5.74, 6) is -0.758. The Morgan fingerprint density at radius 3 is 2.67 bits per heavy atom. The first-order valence-electron chi connectivity index (χ1n) is 4.78. The average Bonchev–Trinajstić information content (AvgIpc) is 2.94. The number of benzene rings is 1. The van der Waals surface area contributed by atoms with Gasteiger partial charge < -0.3 is 5.11 Å². The maximum absolute atomic E-state index is 11.0. The van der Waals surface area contributed by atoms with Crippen LogP contribution in [0.1, 0.15) is 6.42 Å². The number of hydrogen-bond acceptors (Lipinski definition) is 2. The van der Waals surface area contributed by atoms with E-state index in [0.717, 1.165) is 4.90 Å². The van der Waals surface area contributed by atoms with Crippen LogP contribution in [0.3, 0.4) is 0 Å². The minimum atomic E-state index is -0.758. The number of aliphatic carboxylic acids is 1. The van der Waals surface area contributed by atoms with Gasteiger partial charge in [0.1, 0.15) is 0 Å². The van der Waals surface area contributed by atoms with Crippen molar-refractivity contribution in [1.82, 2.24) is 0 Å². The van der Waals surface area contributed by atoms with Crippen LogP contribution in [0.15, 0.2) is 47.9 Å². The van der Waals surface area contributed by atoms with E-state index in [4.69, 9.17) is 5.11 Å². The summed E-state index contributed by atoms with van der Waals surface area (Å²) in [4.78, 5) is 12.1. The van der Waals surface area contributed by atoms with Crippen LogP contribution in [-0.2, 0) is 4.79 Å². The van der Waals surface area contributed by atoms with Gasteiger partial charge in [-0.1, -0.05) is 24.3 Å². The summed E-state index contributed by atoms with van der Waals surface area (Å²) in [6.07, 6.45) is 2.25. The van der Waals surface area contributed by atoms with E-state index in [1.165, 1.54) is 0 Å². The molecule has 1 fully saturated rings. The Morgan fingerprint density at radius 2 is 2.20 bits per heavy atom. The second kappa shape index (κ2) is 3.74. The van der Waals surface area contributed by atoms with Crippen LogP contribution in [0.25, 0.3) is 0 Å². The Kier molecular flexibility index (Phi) is 2.57. The number of rotatable bonds is 4. The van der Waals surface area contributed by atoms with Gasteiger partial charge in [0.05, 0.1) is 5.41 Å². The maximum Gasteiger partial charge on any atom is 0.314 e. The topological polar surface area (TPSA) is 37.3 Å². The molecule has 0 heterocycles. The van der Waals surface area contributed by atoms with Gasteiger partial charge >= 0.3 is 5.97 Å². The number of thioether (sulfide) groups is 1. The monoisotopic (exact) mass is 220 g/mol. The standard InChI is InChI=1S/C12H12O2S/c1-2-12(11(13)14)8-10(12)15-9-6-4-3-5-7-9/h2-7,10H,1,8H2,(H,13,14). The Morgan fingerprint density at radius 1 is 1.53 bits per heavy atom. The SMILES string of the molecule is C=CC1(C(=O)O)CC1Sc1ccccc1. The molecule has 2 unspecified atom stereocenters. The summed E-state index contributed by atoms with van der Waals surface area (Å²) >= 11 is 1.62. The molecule has 0 aromatic heterocycles. The summed E-state index contributed by atoms with van der Waals surface area (Å²) in [7, 11) is 0. The van der Waals surface area contributed by atoms with E-state index >= 15 is 0 Å². The lowest BCUT2D eigenvalue weighted by atomic mass is 10.1. The fourth-order valence-corrected chi connectivity index (χ4v) is 2.99. The van der Waals surface area contributed by atoms with E-state index in [9.17, 15) is 4.79 Å². The minimum Gasteiger partial charge on any atom is -0.481 e. The molecule has 1 aromatic carbocycles. The third-order valence-electron chi connectivity index (χ3n) is 2.72. The summed E-state index contributed by atoms with van der Waals surface area (Å²) in [6.45, 7) is 3.61. The molecule has 0 aliphatic heterocycles. The van der Waals surface area contributed by atoms with Crippen molar-refractivity contribution in [3.8, 4) is 0 Å². The van der Waals surface area contributed by atoms with Crippen LogP contribution in [0.4, 0.5) is 0 Å². The molecule has 2 nitrogen and oxygen atoms in total. The second-order valence-corrected chi connectivity index (χ2v) is 4.95. The molecule has 1 saturated carbocycles. The van der Waals surface area contributed by atoms with Gasteiger partial charge in [-0.05, 0) is 18.6 Å². The van der Waals surface area contributed by atoms with Crippen molar-refractivity contribution in [3.63, 3.8) is 0 Å². The van der Waals surface area contributed by atoms with E-state index in [1.807, 2.05) is 30.3 Å². The van der Waals surface area contributed by atoms with E-state index in [-0.39, 0.29) is 5.25 Å². The lowest BCUT2D eigenvalue weighted by Crippen LogP contribution is -2.15. The van der Waals surface area contributed by atoms with Crippen LogP contribution in [0, 0.1) is 5.41 Å². The molecular formula is C12H12O2S. The van der Waals surface area contributed by atoms with E-state index in [0.29, 0.717) is 6.42 Å². The molecule has 0 spiro atoms. The number of carboxylic acid groups (broad SMARTS) is 1. The van der Waals surface area contributed by atoms with Crippen LogP contribution in [0.5, 0.6) is 0 Å². The third-order valence-corrected chi connectivity index (χ3v) is 4.14. The highest BCUT2D eigenvalue weighted by molar-refractivity contribution is 8.00. The second-order valence-electron chi connectivity index (χ2n) is 3.67. The van der Waals surface area contributed by atoms with Crippen LogP contribution < -0.4 is 0 Å². The average molecular weight is 220 g/mol. The Labute approximate surface area is 93.0 Å². The highest BCUT2D eigenvalue weighted by Crippen LogP contribution is 2.56. The van der Waals surface area contributed by atoms with Gasteiger partial charge in [0.15, 0.2) is 0 Å². The molecule has 2 atom stereocenters. The largest absolute Gasteiger partial charge is 0.481 e. The smallest absolute Gasteiger partial charge is 0.314 e. The Bertz CT molecular complexity index is 388. The van der Waals surface area contributed by atoms with E-state index < -0.39 is 11.4 Å². The highest BCUT2D eigenvalue weighted by atomic mass is 32.2. The number of carbonyl (C=O) groups is 1. The van der Waals surface area contributed by atoms with Crippen molar-refractivity contribution in [2.75, 3.05) is 0 Å². The molecule has 0 bridgehead atoms. The fourth-order valence-electron chi connectivity index (χ4n) is 1.59.